The average Bonchev–Trinajstić information content (AvgIpc) is 2.95. The van der Waals surface area contributed by atoms with Gasteiger partial charge in [0.25, 0.3) is 0 Å². The fourth-order valence-corrected chi connectivity index (χ4v) is 4.94. The maximum absolute atomic E-state index is 12.7. The Balaban J connectivity index is 1.49. The van der Waals surface area contributed by atoms with Crippen LogP contribution in [0.25, 0.3) is 11.1 Å². The Kier molecular flexibility index (Phi) is 13.4. The molecule has 0 fully saturated rings. The molecule has 3 aromatic carbocycles. The van der Waals surface area contributed by atoms with Crippen LogP contribution in [0.15, 0.2) is 66.7 Å². The zero-order valence-corrected chi connectivity index (χ0v) is 24.8. The Labute approximate surface area is 240 Å². The Hall–Kier alpha value is -2.78. The lowest BCUT2D eigenvalue weighted by Crippen LogP contribution is -2.13. The zero-order chi connectivity index (χ0) is 27.9. The highest BCUT2D eigenvalue weighted by molar-refractivity contribution is 6.32. The summed E-state index contributed by atoms with van der Waals surface area (Å²) in [6.07, 6.45) is 14.9. The first kappa shape index (κ1) is 30.8. The molecule has 0 saturated heterocycles. The number of carbonyl (C=O) groups excluding carboxylic acids is 1. The molecule has 3 nitrogen and oxygen atoms in total. The molecule has 3 aromatic rings. The summed E-state index contributed by atoms with van der Waals surface area (Å²) in [7, 11) is 0. The van der Waals surface area contributed by atoms with Gasteiger partial charge >= 0.3 is 5.97 Å². The predicted octanol–water partition coefficient (Wildman–Crippen LogP) is 10.9. The highest BCUT2D eigenvalue weighted by Crippen LogP contribution is 2.29. The van der Waals surface area contributed by atoms with E-state index in [-0.39, 0.29) is 6.10 Å². The van der Waals surface area contributed by atoms with Crippen molar-refractivity contribution in [1.82, 2.24) is 0 Å². The van der Waals surface area contributed by atoms with E-state index in [1.54, 1.807) is 18.2 Å². The van der Waals surface area contributed by atoms with Crippen LogP contribution in [-0.2, 0) is 6.42 Å². The molecule has 0 bridgehead atoms. The summed E-state index contributed by atoms with van der Waals surface area (Å²) in [6, 6.07) is 21.5. The molecular formula is C35H45ClO3. The first-order chi connectivity index (χ1) is 19.0. The molecule has 39 heavy (non-hydrogen) atoms. The van der Waals surface area contributed by atoms with Crippen LogP contribution in [-0.4, -0.2) is 12.1 Å². The molecule has 1 atom stereocenters. The number of hydrogen-bond donors (Lipinski definition) is 0. The predicted molar refractivity (Wildman–Crippen MR) is 164 cm³/mol. The molecule has 0 heterocycles. The minimum Gasteiger partial charge on any atom is -0.489 e. The van der Waals surface area contributed by atoms with Gasteiger partial charge in [-0.25, -0.2) is 4.79 Å². The highest BCUT2D eigenvalue weighted by Gasteiger charge is 2.14. The number of carbonyl (C=O) groups is 1. The number of ether oxygens (including phenoxy) is 2. The monoisotopic (exact) mass is 548 g/mol. The standard InChI is InChI=1S/C35H45ClO3/c1-4-6-8-10-11-13-15-28-16-18-29(19-17-28)30-20-23-32(24-21-30)39-35(37)31-22-25-34(33(36)26-31)38-27(3)14-12-9-7-5-2/h16-27H,4-15H2,1-3H3. The number of benzene rings is 3. The van der Waals surface area contributed by atoms with E-state index >= 15 is 0 Å². The molecule has 0 aliphatic heterocycles. The minimum atomic E-state index is -0.442. The van der Waals surface area contributed by atoms with Gasteiger partial charge in [-0.2, -0.15) is 0 Å². The summed E-state index contributed by atoms with van der Waals surface area (Å²) >= 11 is 6.42. The molecule has 1 unspecified atom stereocenters. The molecule has 0 aromatic heterocycles. The fraction of sp³-hybridized carbons (Fsp3) is 0.457. The lowest BCUT2D eigenvalue weighted by molar-refractivity contribution is 0.0734. The van der Waals surface area contributed by atoms with Crippen molar-refractivity contribution in [3.05, 3.63) is 82.9 Å². The second-order valence-corrected chi connectivity index (χ2v) is 11.0. The topological polar surface area (TPSA) is 35.5 Å². The summed E-state index contributed by atoms with van der Waals surface area (Å²) in [5.74, 6) is 0.655. The fourth-order valence-electron chi connectivity index (χ4n) is 4.71. The molecule has 0 radical (unpaired) electrons. The van der Waals surface area contributed by atoms with Gasteiger partial charge in [0.1, 0.15) is 11.5 Å². The van der Waals surface area contributed by atoms with Gasteiger partial charge in [0.2, 0.25) is 0 Å². The maximum Gasteiger partial charge on any atom is 0.343 e. The molecule has 4 heteroatoms. The largest absolute Gasteiger partial charge is 0.489 e. The van der Waals surface area contributed by atoms with Gasteiger partial charge in [0, 0.05) is 0 Å². The summed E-state index contributed by atoms with van der Waals surface area (Å²) in [5, 5.41) is 0.417. The highest BCUT2D eigenvalue weighted by atomic mass is 35.5. The zero-order valence-electron chi connectivity index (χ0n) is 24.0. The van der Waals surface area contributed by atoms with E-state index in [0.717, 1.165) is 30.4 Å². The van der Waals surface area contributed by atoms with Crippen molar-refractivity contribution in [2.24, 2.45) is 0 Å². The smallest absolute Gasteiger partial charge is 0.343 e. The van der Waals surface area contributed by atoms with Crippen LogP contribution >= 0.6 is 11.6 Å². The van der Waals surface area contributed by atoms with E-state index < -0.39 is 5.97 Å². The third-order valence-corrected chi connectivity index (χ3v) is 7.43. The van der Waals surface area contributed by atoms with Gasteiger partial charge in [0.15, 0.2) is 0 Å². The maximum atomic E-state index is 12.7. The Morgan fingerprint density at radius 1 is 0.744 bits per heavy atom. The van der Waals surface area contributed by atoms with Crippen molar-refractivity contribution in [2.75, 3.05) is 0 Å². The van der Waals surface area contributed by atoms with Crippen LogP contribution in [0.4, 0.5) is 0 Å². The summed E-state index contributed by atoms with van der Waals surface area (Å²) < 4.78 is 11.6. The molecule has 0 spiro atoms. The average molecular weight is 549 g/mol. The quantitative estimate of drug-likeness (QED) is 0.0955. The van der Waals surface area contributed by atoms with Gasteiger partial charge in [-0.05, 0) is 79.6 Å². The van der Waals surface area contributed by atoms with Crippen molar-refractivity contribution < 1.29 is 14.3 Å². The molecule has 0 amide bonds. The van der Waals surface area contributed by atoms with Crippen LogP contribution in [0.1, 0.15) is 107 Å². The van der Waals surface area contributed by atoms with Crippen molar-refractivity contribution in [1.29, 1.82) is 0 Å². The number of hydrogen-bond acceptors (Lipinski definition) is 3. The third-order valence-electron chi connectivity index (χ3n) is 7.13. The third kappa shape index (κ3) is 10.7. The van der Waals surface area contributed by atoms with Gasteiger partial charge in [-0.15, -0.1) is 0 Å². The van der Waals surface area contributed by atoms with Crippen molar-refractivity contribution in [2.45, 2.75) is 104 Å². The lowest BCUT2D eigenvalue weighted by atomic mass is 10.0. The van der Waals surface area contributed by atoms with E-state index in [2.05, 4.69) is 45.0 Å². The second-order valence-electron chi connectivity index (χ2n) is 10.6. The van der Waals surface area contributed by atoms with Crippen LogP contribution < -0.4 is 9.47 Å². The van der Waals surface area contributed by atoms with E-state index in [1.165, 1.54) is 63.4 Å². The molecule has 0 N–H and O–H groups in total. The molecule has 3 rings (SSSR count). The first-order valence-electron chi connectivity index (χ1n) is 14.9. The van der Waals surface area contributed by atoms with E-state index in [9.17, 15) is 4.79 Å². The molecule has 0 aliphatic rings. The van der Waals surface area contributed by atoms with Gasteiger partial charge in [-0.1, -0.05) is 113 Å². The van der Waals surface area contributed by atoms with Gasteiger partial charge in [0.05, 0.1) is 16.7 Å². The van der Waals surface area contributed by atoms with Crippen LogP contribution in [0.2, 0.25) is 5.02 Å². The molecule has 210 valence electrons. The van der Waals surface area contributed by atoms with Crippen molar-refractivity contribution in [3.8, 4) is 22.6 Å². The van der Waals surface area contributed by atoms with E-state index in [0.29, 0.717) is 22.1 Å². The van der Waals surface area contributed by atoms with Crippen LogP contribution in [0, 0.1) is 0 Å². The Morgan fingerprint density at radius 2 is 1.33 bits per heavy atom. The van der Waals surface area contributed by atoms with Gasteiger partial charge < -0.3 is 9.47 Å². The van der Waals surface area contributed by atoms with E-state index in [4.69, 9.17) is 21.1 Å². The summed E-state index contributed by atoms with van der Waals surface area (Å²) in [5.41, 5.74) is 4.03. The first-order valence-corrected chi connectivity index (χ1v) is 15.3. The SMILES string of the molecule is CCCCCCCCc1ccc(-c2ccc(OC(=O)c3ccc(OC(C)CCCCCC)c(Cl)c3)cc2)cc1. The van der Waals surface area contributed by atoms with Crippen molar-refractivity contribution in [3.63, 3.8) is 0 Å². The van der Waals surface area contributed by atoms with Crippen LogP contribution in [0.5, 0.6) is 11.5 Å². The van der Waals surface area contributed by atoms with Gasteiger partial charge in [-0.3, -0.25) is 0 Å². The Morgan fingerprint density at radius 3 is 1.97 bits per heavy atom. The number of halogens is 1. The number of unbranched alkanes of at least 4 members (excludes halogenated alkanes) is 8. The number of aryl methyl sites for hydroxylation is 1. The summed E-state index contributed by atoms with van der Waals surface area (Å²) in [4.78, 5) is 12.7. The normalized spacial score (nSPS) is 11.8. The molecular weight excluding hydrogens is 504 g/mol. The van der Waals surface area contributed by atoms with E-state index in [1.807, 2.05) is 24.3 Å². The van der Waals surface area contributed by atoms with Crippen LogP contribution in [0.3, 0.4) is 0 Å². The molecule has 0 aliphatic carbocycles. The Bertz CT molecular complexity index is 1120. The number of esters is 1. The lowest BCUT2D eigenvalue weighted by Gasteiger charge is -2.16. The second kappa shape index (κ2) is 17.0. The molecule has 0 saturated carbocycles. The minimum absolute atomic E-state index is 0.0761. The summed E-state index contributed by atoms with van der Waals surface area (Å²) in [6.45, 7) is 6.52. The van der Waals surface area contributed by atoms with Crippen molar-refractivity contribution >= 4 is 17.6 Å². The number of rotatable bonds is 17.